The van der Waals surface area contributed by atoms with Gasteiger partial charge < -0.3 is 4.40 Å². The van der Waals surface area contributed by atoms with Gasteiger partial charge in [0.25, 0.3) is 0 Å². The Labute approximate surface area is 69.3 Å². The first kappa shape index (κ1) is 6.73. The van der Waals surface area contributed by atoms with E-state index in [1.54, 1.807) is 18.0 Å². The van der Waals surface area contributed by atoms with Gasteiger partial charge in [0.1, 0.15) is 0 Å². The first-order valence-electron chi connectivity index (χ1n) is 3.36. The Balaban J connectivity index is 2.76. The van der Waals surface area contributed by atoms with E-state index in [2.05, 4.69) is 21.7 Å². The predicted octanol–water partition coefficient (Wildman–Crippen LogP) is 2.06. The molecule has 3 heteroatoms. The second kappa shape index (κ2) is 2.58. The van der Waals surface area contributed by atoms with Gasteiger partial charge in [0.05, 0.1) is 11.7 Å². The molecule has 0 saturated carbocycles. The summed E-state index contributed by atoms with van der Waals surface area (Å²) in [4.78, 5) is 5.34. The normalized spacial score (nSPS) is 10.6. The van der Waals surface area contributed by atoms with Crippen LogP contribution >= 0.6 is 11.8 Å². The summed E-state index contributed by atoms with van der Waals surface area (Å²) in [7, 11) is 0. The van der Waals surface area contributed by atoms with Gasteiger partial charge in [-0.05, 0) is 12.3 Å². The minimum absolute atomic E-state index is 1.18. The zero-order valence-corrected chi connectivity index (χ0v) is 7.01. The molecule has 0 aromatic carbocycles. The van der Waals surface area contributed by atoms with Crippen molar-refractivity contribution in [1.29, 1.82) is 0 Å². The lowest BCUT2D eigenvalue weighted by molar-refractivity contribution is 1.13. The average molecular weight is 164 g/mol. The van der Waals surface area contributed by atoms with E-state index in [0.717, 1.165) is 0 Å². The molecule has 11 heavy (non-hydrogen) atoms. The van der Waals surface area contributed by atoms with Crippen LogP contribution in [0.1, 0.15) is 0 Å². The van der Waals surface area contributed by atoms with Crippen molar-refractivity contribution < 1.29 is 0 Å². The Kier molecular flexibility index (Phi) is 1.58. The average Bonchev–Trinajstić information content (AvgIpc) is 2.47. The monoisotopic (exact) mass is 164 g/mol. The minimum Gasteiger partial charge on any atom is -0.320 e. The highest BCUT2D eigenvalue weighted by Crippen LogP contribution is 2.20. The smallest absolute Gasteiger partial charge is 0.0771 e. The summed E-state index contributed by atoms with van der Waals surface area (Å²) in [5.74, 6) is 0. The highest BCUT2D eigenvalue weighted by Gasteiger charge is 1.98. The molecular formula is C8H8N2S. The van der Waals surface area contributed by atoms with Gasteiger partial charge in [-0.15, -0.1) is 11.8 Å². The molecule has 2 rings (SSSR count). The van der Waals surface area contributed by atoms with Crippen LogP contribution in [0.3, 0.4) is 0 Å². The molecule has 0 aliphatic carbocycles. The highest BCUT2D eigenvalue weighted by molar-refractivity contribution is 7.98. The molecule has 0 aliphatic rings. The van der Waals surface area contributed by atoms with Crippen LogP contribution in [-0.2, 0) is 0 Å². The highest BCUT2D eigenvalue weighted by atomic mass is 32.2. The van der Waals surface area contributed by atoms with E-state index in [0.29, 0.717) is 0 Å². The van der Waals surface area contributed by atoms with Crippen molar-refractivity contribution in [2.45, 2.75) is 4.90 Å². The Morgan fingerprint density at radius 1 is 1.45 bits per heavy atom. The summed E-state index contributed by atoms with van der Waals surface area (Å²) < 4.78 is 2.07. The zero-order valence-electron chi connectivity index (χ0n) is 6.19. The molecule has 0 spiro atoms. The summed E-state index contributed by atoms with van der Waals surface area (Å²) in [6.07, 6.45) is 9.74. The first-order chi connectivity index (χ1) is 5.42. The van der Waals surface area contributed by atoms with Crippen LogP contribution < -0.4 is 0 Å². The van der Waals surface area contributed by atoms with E-state index in [1.165, 1.54) is 10.4 Å². The fourth-order valence-corrected chi connectivity index (χ4v) is 1.66. The van der Waals surface area contributed by atoms with Gasteiger partial charge in [0.2, 0.25) is 0 Å². The fraction of sp³-hybridized carbons (Fsp3) is 0.125. The molecule has 0 aliphatic heterocycles. The summed E-state index contributed by atoms with van der Waals surface area (Å²) in [6.45, 7) is 0. The second-order valence-electron chi connectivity index (χ2n) is 2.25. The predicted molar refractivity (Wildman–Crippen MR) is 47.0 cm³/mol. The van der Waals surface area contributed by atoms with Crippen LogP contribution in [0, 0.1) is 0 Å². The Morgan fingerprint density at radius 2 is 2.36 bits per heavy atom. The zero-order chi connectivity index (χ0) is 7.68. The molecular weight excluding hydrogens is 156 g/mol. The number of aromatic nitrogens is 2. The van der Waals surface area contributed by atoms with Crippen molar-refractivity contribution in [2.24, 2.45) is 0 Å². The summed E-state index contributed by atoms with van der Waals surface area (Å²) >= 11 is 1.74. The lowest BCUT2D eigenvalue weighted by Crippen LogP contribution is -1.81. The van der Waals surface area contributed by atoms with Crippen molar-refractivity contribution in [3.8, 4) is 0 Å². The van der Waals surface area contributed by atoms with Crippen molar-refractivity contribution in [3.05, 3.63) is 30.9 Å². The van der Waals surface area contributed by atoms with Crippen molar-refractivity contribution in [1.82, 2.24) is 9.38 Å². The molecule has 0 radical (unpaired) electrons. The molecule has 0 bridgehead atoms. The van der Waals surface area contributed by atoms with Gasteiger partial charge in [0, 0.05) is 23.5 Å². The van der Waals surface area contributed by atoms with Gasteiger partial charge in [-0.2, -0.15) is 0 Å². The van der Waals surface area contributed by atoms with E-state index < -0.39 is 0 Å². The quantitative estimate of drug-likeness (QED) is 0.600. The molecule has 56 valence electrons. The number of rotatable bonds is 1. The van der Waals surface area contributed by atoms with Gasteiger partial charge in [0.15, 0.2) is 0 Å². The van der Waals surface area contributed by atoms with Gasteiger partial charge >= 0.3 is 0 Å². The molecule has 2 heterocycles. The van der Waals surface area contributed by atoms with Crippen LogP contribution in [0.2, 0.25) is 0 Å². The molecule has 0 saturated heterocycles. The lowest BCUT2D eigenvalue weighted by atomic mass is 10.5. The number of hydrogen-bond donors (Lipinski definition) is 0. The largest absolute Gasteiger partial charge is 0.320 e. The Hall–Kier alpha value is -0.960. The maximum atomic E-state index is 4.06. The Morgan fingerprint density at radius 3 is 3.18 bits per heavy atom. The van der Waals surface area contributed by atoms with Crippen LogP contribution in [0.25, 0.3) is 5.52 Å². The summed E-state index contributed by atoms with van der Waals surface area (Å²) in [5, 5.41) is 0. The maximum Gasteiger partial charge on any atom is 0.0771 e. The molecule has 2 nitrogen and oxygen atoms in total. The van der Waals surface area contributed by atoms with E-state index in [9.17, 15) is 0 Å². The van der Waals surface area contributed by atoms with Crippen LogP contribution in [0.4, 0.5) is 0 Å². The van der Waals surface area contributed by atoms with Crippen molar-refractivity contribution in [3.63, 3.8) is 0 Å². The molecule has 0 unspecified atom stereocenters. The molecule has 0 amide bonds. The van der Waals surface area contributed by atoms with E-state index in [1.807, 2.05) is 18.6 Å². The van der Waals surface area contributed by atoms with Gasteiger partial charge in [-0.3, -0.25) is 4.98 Å². The minimum atomic E-state index is 1.18. The molecule has 2 aromatic heterocycles. The fourth-order valence-electron chi connectivity index (χ4n) is 1.10. The van der Waals surface area contributed by atoms with E-state index in [-0.39, 0.29) is 0 Å². The molecule has 2 aromatic rings. The topological polar surface area (TPSA) is 17.3 Å². The maximum absolute atomic E-state index is 4.06. The molecule has 0 N–H and O–H groups in total. The SMILES string of the molecule is CSc1ccn2ccncc12. The molecule has 0 fully saturated rings. The van der Waals surface area contributed by atoms with Crippen molar-refractivity contribution >= 4 is 17.3 Å². The third-order valence-electron chi connectivity index (χ3n) is 1.65. The number of nitrogens with zero attached hydrogens (tertiary/aromatic N) is 2. The van der Waals surface area contributed by atoms with Crippen LogP contribution in [0.5, 0.6) is 0 Å². The van der Waals surface area contributed by atoms with E-state index in [4.69, 9.17) is 0 Å². The van der Waals surface area contributed by atoms with Crippen LogP contribution in [-0.4, -0.2) is 15.6 Å². The first-order valence-corrected chi connectivity index (χ1v) is 4.59. The summed E-state index contributed by atoms with van der Waals surface area (Å²) in [6, 6.07) is 2.10. The number of fused-ring (bicyclic) bond motifs is 1. The van der Waals surface area contributed by atoms with Crippen LogP contribution in [0.15, 0.2) is 35.7 Å². The third kappa shape index (κ3) is 1.01. The van der Waals surface area contributed by atoms with Gasteiger partial charge in [-0.25, -0.2) is 0 Å². The summed E-state index contributed by atoms with van der Waals surface area (Å²) in [5.41, 5.74) is 1.18. The third-order valence-corrected chi connectivity index (χ3v) is 2.43. The van der Waals surface area contributed by atoms with E-state index >= 15 is 0 Å². The molecule has 0 atom stereocenters. The number of thioether (sulfide) groups is 1. The number of hydrogen-bond acceptors (Lipinski definition) is 2. The second-order valence-corrected chi connectivity index (χ2v) is 3.10. The Bertz CT molecular complexity index is 367. The lowest BCUT2D eigenvalue weighted by Gasteiger charge is -1.93. The standard InChI is InChI=1S/C8H8N2S/c1-11-8-2-4-10-5-3-9-6-7(8)10/h2-6H,1H3. The van der Waals surface area contributed by atoms with Gasteiger partial charge in [-0.1, -0.05) is 0 Å². The van der Waals surface area contributed by atoms with Crippen molar-refractivity contribution in [2.75, 3.05) is 6.26 Å².